The lowest BCUT2D eigenvalue weighted by Gasteiger charge is -2.23. The maximum atomic E-state index is 5.87. The minimum absolute atomic E-state index is 0. The first-order valence-corrected chi connectivity index (χ1v) is 7.31. The van der Waals surface area contributed by atoms with Gasteiger partial charge in [-0.05, 0) is 37.7 Å². The molecule has 0 amide bonds. The number of hydrogen-bond acceptors (Lipinski definition) is 4. The van der Waals surface area contributed by atoms with Crippen molar-refractivity contribution in [3.05, 3.63) is 46.5 Å². The smallest absolute Gasteiger partial charge is 0.189 e. The van der Waals surface area contributed by atoms with Gasteiger partial charge in [0.1, 0.15) is 12.3 Å². The predicted molar refractivity (Wildman–Crippen MR) is 93.1 cm³/mol. The standard InChI is InChI=1S/C14H20N4OS.BrH/c1-18(2)12(13-6-4-8-20-13)10-17-14(15)16-9-11-5-3-7-19-11;/h3-8,12H,9-10H2,1-2H3,(H3,15,16,17);1H. The molecule has 2 heterocycles. The number of furan rings is 1. The van der Waals surface area contributed by atoms with E-state index >= 15 is 0 Å². The zero-order chi connectivity index (χ0) is 14.4. The highest BCUT2D eigenvalue weighted by Crippen LogP contribution is 2.22. The SMILES string of the molecule is Br.CN(C)C(CNC(N)=NCc1ccco1)c1cccs1. The van der Waals surface area contributed by atoms with Crippen LogP contribution in [0.5, 0.6) is 0 Å². The molecule has 1 atom stereocenters. The van der Waals surface area contributed by atoms with Crippen LogP contribution in [0.1, 0.15) is 16.7 Å². The number of rotatable bonds is 6. The summed E-state index contributed by atoms with van der Waals surface area (Å²) in [7, 11) is 4.12. The molecule has 0 aromatic carbocycles. The van der Waals surface area contributed by atoms with E-state index in [-0.39, 0.29) is 23.0 Å². The number of halogens is 1. The number of thiophene rings is 1. The van der Waals surface area contributed by atoms with Crippen LogP contribution in [-0.2, 0) is 6.54 Å². The quantitative estimate of drug-likeness (QED) is 0.604. The second kappa shape index (κ2) is 8.86. The molecular formula is C14H21BrN4OS. The van der Waals surface area contributed by atoms with E-state index in [1.165, 1.54) is 4.88 Å². The molecule has 0 saturated heterocycles. The second-order valence-electron chi connectivity index (χ2n) is 4.66. The highest BCUT2D eigenvalue weighted by molar-refractivity contribution is 8.93. The first-order chi connectivity index (χ1) is 9.66. The Bertz CT molecular complexity index is 525. The molecule has 0 bridgehead atoms. The molecule has 0 fully saturated rings. The third-order valence-electron chi connectivity index (χ3n) is 2.96. The number of guanidine groups is 1. The Morgan fingerprint density at radius 2 is 2.24 bits per heavy atom. The van der Waals surface area contributed by atoms with E-state index in [4.69, 9.17) is 10.2 Å². The third kappa shape index (κ3) is 5.53. The molecule has 21 heavy (non-hydrogen) atoms. The van der Waals surface area contributed by atoms with Gasteiger partial charge in [-0.2, -0.15) is 0 Å². The van der Waals surface area contributed by atoms with E-state index < -0.39 is 0 Å². The fourth-order valence-corrected chi connectivity index (χ4v) is 2.76. The lowest BCUT2D eigenvalue weighted by atomic mass is 10.2. The van der Waals surface area contributed by atoms with Gasteiger partial charge in [0.25, 0.3) is 0 Å². The predicted octanol–water partition coefficient (Wildman–Crippen LogP) is 2.63. The van der Waals surface area contributed by atoms with Gasteiger partial charge in [0.05, 0.1) is 12.3 Å². The second-order valence-corrected chi connectivity index (χ2v) is 5.64. The number of hydrogen-bond donors (Lipinski definition) is 2. The fourth-order valence-electron chi connectivity index (χ4n) is 1.84. The Balaban J connectivity index is 0.00000220. The van der Waals surface area contributed by atoms with E-state index in [9.17, 15) is 0 Å². The van der Waals surface area contributed by atoms with Crippen LogP contribution in [0.25, 0.3) is 0 Å². The number of nitrogens with one attached hydrogen (secondary N) is 1. The number of likely N-dealkylation sites (N-methyl/N-ethyl adjacent to an activating group) is 1. The Morgan fingerprint density at radius 3 is 2.81 bits per heavy atom. The third-order valence-corrected chi connectivity index (χ3v) is 3.93. The maximum Gasteiger partial charge on any atom is 0.189 e. The molecule has 0 aliphatic carbocycles. The van der Waals surface area contributed by atoms with Crippen molar-refractivity contribution in [3.63, 3.8) is 0 Å². The van der Waals surface area contributed by atoms with Gasteiger partial charge in [-0.3, -0.25) is 0 Å². The minimum Gasteiger partial charge on any atom is -0.467 e. The summed E-state index contributed by atoms with van der Waals surface area (Å²) in [4.78, 5) is 7.73. The average Bonchev–Trinajstić information content (AvgIpc) is 3.09. The molecule has 2 aromatic heterocycles. The minimum atomic E-state index is 0. The molecule has 1 unspecified atom stereocenters. The highest BCUT2D eigenvalue weighted by Gasteiger charge is 2.14. The van der Waals surface area contributed by atoms with Crippen LogP contribution in [-0.4, -0.2) is 31.5 Å². The van der Waals surface area contributed by atoms with Crippen LogP contribution in [0.3, 0.4) is 0 Å². The van der Waals surface area contributed by atoms with Crippen LogP contribution in [0.4, 0.5) is 0 Å². The molecule has 0 spiro atoms. The van der Waals surface area contributed by atoms with Crippen LogP contribution in [0, 0.1) is 0 Å². The van der Waals surface area contributed by atoms with Gasteiger partial charge in [-0.15, -0.1) is 28.3 Å². The molecule has 5 nitrogen and oxygen atoms in total. The Labute approximate surface area is 139 Å². The lowest BCUT2D eigenvalue weighted by molar-refractivity contribution is 0.303. The maximum absolute atomic E-state index is 5.87. The summed E-state index contributed by atoms with van der Waals surface area (Å²) in [5.41, 5.74) is 5.87. The van der Waals surface area contributed by atoms with Crippen molar-refractivity contribution in [2.75, 3.05) is 20.6 Å². The van der Waals surface area contributed by atoms with Crippen LogP contribution < -0.4 is 11.1 Å². The van der Waals surface area contributed by atoms with Crippen molar-refractivity contribution in [1.82, 2.24) is 10.2 Å². The van der Waals surface area contributed by atoms with Crippen molar-refractivity contribution in [2.45, 2.75) is 12.6 Å². The normalized spacial score (nSPS) is 13.0. The van der Waals surface area contributed by atoms with Gasteiger partial charge >= 0.3 is 0 Å². The van der Waals surface area contributed by atoms with Crippen molar-refractivity contribution in [1.29, 1.82) is 0 Å². The molecule has 116 valence electrons. The largest absolute Gasteiger partial charge is 0.467 e. The highest BCUT2D eigenvalue weighted by atomic mass is 79.9. The molecular weight excluding hydrogens is 352 g/mol. The molecule has 3 N–H and O–H groups in total. The summed E-state index contributed by atoms with van der Waals surface area (Å²) in [5.74, 6) is 1.24. The van der Waals surface area contributed by atoms with E-state index in [0.717, 1.165) is 12.3 Å². The number of aliphatic imine (C=N–C) groups is 1. The molecule has 0 aliphatic rings. The molecule has 7 heteroatoms. The fraction of sp³-hybridized carbons (Fsp3) is 0.357. The van der Waals surface area contributed by atoms with Crippen LogP contribution >= 0.6 is 28.3 Å². The Kier molecular flexibility index (Phi) is 7.49. The van der Waals surface area contributed by atoms with Crippen LogP contribution in [0.15, 0.2) is 45.3 Å². The van der Waals surface area contributed by atoms with Gasteiger partial charge in [-0.25, -0.2) is 4.99 Å². The van der Waals surface area contributed by atoms with Gasteiger partial charge < -0.3 is 20.4 Å². The topological polar surface area (TPSA) is 66.8 Å². The first kappa shape index (κ1) is 17.7. The Hall–Kier alpha value is -1.31. The van der Waals surface area contributed by atoms with Crippen molar-refractivity contribution >= 4 is 34.3 Å². The van der Waals surface area contributed by atoms with E-state index in [1.54, 1.807) is 17.6 Å². The Morgan fingerprint density at radius 1 is 1.43 bits per heavy atom. The summed E-state index contributed by atoms with van der Waals surface area (Å²) in [6, 6.07) is 8.20. The number of nitrogens with zero attached hydrogens (tertiary/aromatic N) is 2. The van der Waals surface area contributed by atoms with E-state index in [1.807, 2.05) is 12.1 Å². The monoisotopic (exact) mass is 372 g/mol. The number of nitrogens with two attached hydrogens (primary N) is 1. The van der Waals surface area contributed by atoms with Crippen LogP contribution in [0.2, 0.25) is 0 Å². The summed E-state index contributed by atoms with van der Waals surface area (Å²) in [6.07, 6.45) is 1.63. The van der Waals surface area contributed by atoms with Gasteiger partial charge in [0, 0.05) is 11.4 Å². The molecule has 0 saturated carbocycles. The summed E-state index contributed by atoms with van der Waals surface area (Å²) in [6.45, 7) is 1.18. The van der Waals surface area contributed by atoms with Crippen molar-refractivity contribution < 1.29 is 4.42 Å². The molecule has 0 aliphatic heterocycles. The van der Waals surface area contributed by atoms with Gasteiger partial charge in [0.2, 0.25) is 0 Å². The summed E-state index contributed by atoms with van der Waals surface area (Å²) in [5, 5.41) is 5.25. The van der Waals surface area contributed by atoms with Gasteiger partial charge in [-0.1, -0.05) is 6.07 Å². The van der Waals surface area contributed by atoms with E-state index in [2.05, 4.69) is 46.8 Å². The zero-order valence-electron chi connectivity index (χ0n) is 12.2. The van der Waals surface area contributed by atoms with Crippen molar-refractivity contribution in [2.24, 2.45) is 10.7 Å². The molecule has 2 rings (SSSR count). The average molecular weight is 373 g/mol. The lowest BCUT2D eigenvalue weighted by Crippen LogP contribution is -2.38. The summed E-state index contributed by atoms with van der Waals surface area (Å²) < 4.78 is 5.21. The van der Waals surface area contributed by atoms with Gasteiger partial charge in [0.15, 0.2) is 5.96 Å². The van der Waals surface area contributed by atoms with E-state index in [0.29, 0.717) is 12.5 Å². The first-order valence-electron chi connectivity index (χ1n) is 6.43. The zero-order valence-corrected chi connectivity index (χ0v) is 14.7. The summed E-state index contributed by atoms with van der Waals surface area (Å²) >= 11 is 1.75. The molecule has 0 radical (unpaired) electrons. The molecule has 2 aromatic rings. The van der Waals surface area contributed by atoms with Crippen molar-refractivity contribution in [3.8, 4) is 0 Å².